The van der Waals surface area contributed by atoms with Crippen LogP contribution >= 0.6 is 11.3 Å². The number of aromatic amines is 2. The first-order chi connectivity index (χ1) is 17.2. The fourth-order valence-electron chi connectivity index (χ4n) is 4.12. The van der Waals surface area contributed by atoms with Crippen LogP contribution < -0.4 is 5.32 Å². The first kappa shape index (κ1) is 20.0. The average Bonchev–Trinajstić information content (AvgIpc) is 3.26. The van der Waals surface area contributed by atoms with E-state index in [0.29, 0.717) is 28.4 Å². The molecule has 170 valence electrons. The maximum atomic E-state index is 12.2. The fourth-order valence-corrected chi connectivity index (χ4v) is 4.87. The van der Waals surface area contributed by atoms with Crippen LogP contribution in [0.3, 0.4) is 0 Å². The third-order valence-electron chi connectivity index (χ3n) is 6.05. The van der Waals surface area contributed by atoms with Crippen molar-refractivity contribution < 1.29 is 4.79 Å². The van der Waals surface area contributed by atoms with Gasteiger partial charge >= 0.3 is 0 Å². The molecule has 6 aromatic rings. The molecule has 7 rings (SSSR count). The van der Waals surface area contributed by atoms with Crippen molar-refractivity contribution in [3.63, 3.8) is 0 Å². The Hall–Kier alpha value is -4.44. The molecule has 0 saturated heterocycles. The number of thiophene rings is 1. The van der Waals surface area contributed by atoms with Gasteiger partial charge in [0.05, 0.1) is 23.1 Å². The lowest BCUT2D eigenvalue weighted by Crippen LogP contribution is -2.13. The van der Waals surface area contributed by atoms with E-state index in [1.165, 1.54) is 0 Å². The zero-order chi connectivity index (χ0) is 23.4. The Labute approximate surface area is 202 Å². The average molecular weight is 479 g/mol. The summed E-state index contributed by atoms with van der Waals surface area (Å²) in [6.45, 7) is 0. The van der Waals surface area contributed by atoms with Crippen molar-refractivity contribution in [3.05, 3.63) is 60.4 Å². The molecule has 0 spiro atoms. The van der Waals surface area contributed by atoms with E-state index < -0.39 is 0 Å². The molecule has 0 unspecified atom stereocenters. The van der Waals surface area contributed by atoms with Crippen LogP contribution in [0.2, 0.25) is 0 Å². The number of nitrogens with one attached hydrogen (secondary N) is 3. The van der Waals surface area contributed by atoms with Gasteiger partial charge in [0, 0.05) is 34.3 Å². The molecule has 0 aromatic carbocycles. The van der Waals surface area contributed by atoms with Gasteiger partial charge in [0.15, 0.2) is 17.2 Å². The largest absolute Gasteiger partial charge is 0.324 e. The van der Waals surface area contributed by atoms with Crippen molar-refractivity contribution in [1.82, 2.24) is 35.1 Å². The highest BCUT2D eigenvalue weighted by Crippen LogP contribution is 2.33. The van der Waals surface area contributed by atoms with Crippen LogP contribution in [0.5, 0.6) is 0 Å². The van der Waals surface area contributed by atoms with E-state index in [2.05, 4.69) is 36.5 Å². The summed E-state index contributed by atoms with van der Waals surface area (Å²) in [6, 6.07) is 11.8. The molecule has 1 fully saturated rings. The topological polar surface area (TPSA) is 125 Å². The lowest BCUT2D eigenvalue weighted by atomic mass is 10.1. The summed E-state index contributed by atoms with van der Waals surface area (Å²) in [4.78, 5) is 35.1. The predicted octanol–water partition coefficient (Wildman–Crippen LogP) is 5.04. The number of carbonyl (C=O) groups is 1. The van der Waals surface area contributed by atoms with Crippen molar-refractivity contribution >= 4 is 45.1 Å². The maximum Gasteiger partial charge on any atom is 0.227 e. The number of rotatable bonds is 5. The minimum absolute atomic E-state index is 0.0462. The molecule has 1 aliphatic carbocycles. The van der Waals surface area contributed by atoms with E-state index in [9.17, 15) is 4.79 Å². The number of amides is 1. The van der Waals surface area contributed by atoms with Crippen LogP contribution in [-0.4, -0.2) is 41.0 Å². The van der Waals surface area contributed by atoms with Gasteiger partial charge in [-0.1, -0.05) is 6.07 Å². The standard InChI is InChI=1S/C25H18N8OS/c34-25(13-3-4-13)28-15-10-14(11-26-12-15)17-5-6-18-21(29-17)22(33-32-18)24-30-20-16(19-2-1-9-35-19)7-8-27-23(20)31-24/h1-2,5-13H,3-4H2,(H,28,34)(H,32,33)(H,27,30,31). The number of carbonyl (C=O) groups excluding carboxylic acids is 1. The van der Waals surface area contributed by atoms with Crippen LogP contribution in [0.1, 0.15) is 12.8 Å². The summed E-state index contributed by atoms with van der Waals surface area (Å²) >= 11 is 1.66. The Morgan fingerprint density at radius 3 is 2.89 bits per heavy atom. The van der Waals surface area contributed by atoms with E-state index in [1.54, 1.807) is 29.9 Å². The van der Waals surface area contributed by atoms with Crippen LogP contribution in [0.25, 0.3) is 55.4 Å². The minimum Gasteiger partial charge on any atom is -0.324 e. The third kappa shape index (κ3) is 3.55. The van der Waals surface area contributed by atoms with Gasteiger partial charge in [0.2, 0.25) is 5.91 Å². The summed E-state index contributed by atoms with van der Waals surface area (Å²) in [5, 5.41) is 12.5. The number of hydrogen-bond donors (Lipinski definition) is 3. The lowest BCUT2D eigenvalue weighted by molar-refractivity contribution is -0.117. The molecule has 1 aliphatic rings. The Morgan fingerprint density at radius 2 is 2.03 bits per heavy atom. The highest BCUT2D eigenvalue weighted by Gasteiger charge is 2.29. The molecule has 10 heteroatoms. The summed E-state index contributed by atoms with van der Waals surface area (Å²) < 4.78 is 0. The molecular weight excluding hydrogens is 460 g/mol. The second kappa shape index (κ2) is 7.81. The SMILES string of the molecule is O=C(Nc1cncc(-c2ccc3[nH]nc(-c4nc5c(-c6cccs6)ccnc5[nH]4)c3n2)c1)C1CC1. The molecule has 1 saturated carbocycles. The zero-order valence-electron chi connectivity index (χ0n) is 18.3. The van der Waals surface area contributed by atoms with Gasteiger partial charge < -0.3 is 10.3 Å². The number of pyridine rings is 3. The third-order valence-corrected chi connectivity index (χ3v) is 6.96. The van der Waals surface area contributed by atoms with E-state index in [-0.39, 0.29) is 11.8 Å². The summed E-state index contributed by atoms with van der Waals surface area (Å²) in [5.41, 5.74) is 6.80. The van der Waals surface area contributed by atoms with Gasteiger partial charge in [0.25, 0.3) is 0 Å². The molecule has 0 atom stereocenters. The first-order valence-corrected chi connectivity index (χ1v) is 12.1. The summed E-state index contributed by atoms with van der Waals surface area (Å²) in [6.07, 6.45) is 7.07. The second-order valence-electron chi connectivity index (χ2n) is 8.51. The van der Waals surface area contributed by atoms with Gasteiger partial charge in [-0.3, -0.25) is 14.9 Å². The number of imidazole rings is 1. The molecule has 0 aliphatic heterocycles. The van der Waals surface area contributed by atoms with E-state index in [4.69, 9.17) is 9.97 Å². The molecule has 6 aromatic heterocycles. The quantitative estimate of drug-likeness (QED) is 0.319. The summed E-state index contributed by atoms with van der Waals surface area (Å²) in [5.74, 6) is 0.765. The highest BCUT2D eigenvalue weighted by molar-refractivity contribution is 7.13. The van der Waals surface area contributed by atoms with Crippen molar-refractivity contribution in [1.29, 1.82) is 0 Å². The van der Waals surface area contributed by atoms with Crippen LogP contribution in [0.15, 0.2) is 60.4 Å². The van der Waals surface area contributed by atoms with Crippen molar-refractivity contribution in [2.45, 2.75) is 12.8 Å². The number of nitrogens with zero attached hydrogens (tertiary/aromatic N) is 5. The summed E-state index contributed by atoms with van der Waals surface area (Å²) in [7, 11) is 0. The zero-order valence-corrected chi connectivity index (χ0v) is 19.1. The monoisotopic (exact) mass is 478 g/mol. The molecule has 9 nitrogen and oxygen atoms in total. The molecule has 0 radical (unpaired) electrons. The number of anilines is 1. The van der Waals surface area contributed by atoms with Gasteiger partial charge in [-0.25, -0.2) is 15.0 Å². The fraction of sp³-hybridized carbons (Fsp3) is 0.120. The van der Waals surface area contributed by atoms with E-state index in [0.717, 1.165) is 45.6 Å². The van der Waals surface area contributed by atoms with Crippen molar-refractivity contribution in [3.8, 4) is 33.2 Å². The van der Waals surface area contributed by atoms with Gasteiger partial charge in [0.1, 0.15) is 11.0 Å². The van der Waals surface area contributed by atoms with Crippen LogP contribution in [0.4, 0.5) is 5.69 Å². The number of aromatic nitrogens is 7. The molecule has 0 bridgehead atoms. The van der Waals surface area contributed by atoms with E-state index in [1.807, 2.05) is 35.7 Å². The molecule has 6 heterocycles. The number of fused-ring (bicyclic) bond motifs is 2. The van der Waals surface area contributed by atoms with Crippen molar-refractivity contribution in [2.24, 2.45) is 5.92 Å². The van der Waals surface area contributed by atoms with Gasteiger partial charge in [-0.15, -0.1) is 11.3 Å². The molecular formula is C25H18N8OS. The van der Waals surface area contributed by atoms with Crippen LogP contribution in [-0.2, 0) is 4.79 Å². The normalized spacial score (nSPS) is 13.5. The molecule has 1 amide bonds. The number of hydrogen-bond acceptors (Lipinski definition) is 7. The van der Waals surface area contributed by atoms with Gasteiger partial charge in [-0.05, 0) is 48.6 Å². The predicted molar refractivity (Wildman–Crippen MR) is 135 cm³/mol. The first-order valence-electron chi connectivity index (χ1n) is 11.2. The lowest BCUT2D eigenvalue weighted by Gasteiger charge is -2.06. The molecule has 3 N–H and O–H groups in total. The Kier molecular flexibility index (Phi) is 4.46. The Balaban J connectivity index is 1.29. The van der Waals surface area contributed by atoms with E-state index >= 15 is 0 Å². The second-order valence-corrected chi connectivity index (χ2v) is 9.46. The highest BCUT2D eigenvalue weighted by atomic mass is 32.1. The number of H-pyrrole nitrogens is 2. The maximum absolute atomic E-state index is 12.2. The van der Waals surface area contributed by atoms with Crippen LogP contribution in [0, 0.1) is 5.92 Å². The van der Waals surface area contributed by atoms with Gasteiger partial charge in [-0.2, -0.15) is 5.10 Å². The van der Waals surface area contributed by atoms with Crippen molar-refractivity contribution in [2.75, 3.05) is 5.32 Å². The smallest absolute Gasteiger partial charge is 0.227 e. The minimum atomic E-state index is 0.0462. The Morgan fingerprint density at radius 1 is 1.09 bits per heavy atom. The Bertz CT molecular complexity index is 1710. The molecule has 35 heavy (non-hydrogen) atoms.